The van der Waals surface area contributed by atoms with Crippen LogP contribution in [0.4, 0.5) is 24.8 Å². The average molecular weight is 438 g/mol. The van der Waals surface area contributed by atoms with Gasteiger partial charge in [0, 0.05) is 24.8 Å². The number of alkyl halides is 3. The van der Waals surface area contributed by atoms with E-state index < -0.39 is 17.3 Å². The molecule has 0 spiro atoms. The third-order valence-corrected chi connectivity index (χ3v) is 4.68. The lowest BCUT2D eigenvalue weighted by atomic mass is 10.1. The van der Waals surface area contributed by atoms with Gasteiger partial charge < -0.3 is 5.32 Å². The van der Waals surface area contributed by atoms with Crippen molar-refractivity contribution in [3.05, 3.63) is 70.8 Å². The highest BCUT2D eigenvalue weighted by atomic mass is 19.4. The molecule has 160 valence electrons. The highest BCUT2D eigenvalue weighted by molar-refractivity contribution is 5.95. The van der Waals surface area contributed by atoms with Gasteiger partial charge in [-0.3, -0.25) is 9.48 Å². The number of halogens is 3. The fourth-order valence-corrected chi connectivity index (χ4v) is 3.25. The Kier molecular flexibility index (Phi) is 4.36. The van der Waals surface area contributed by atoms with Crippen molar-refractivity contribution in [2.75, 3.05) is 5.32 Å². The standard InChI is InChI=1S/C20H13F3N8O/c1-30-10-8-13(28-30)16-27-17-11-5-4-6-12(20(21,22)23)15(11)26-19(31(17)29-16)25-14-7-2-3-9-24-18(14)32/h2-10H,1H3,(H,24,25,26,32). The number of nitrogens with zero attached hydrogens (tertiary/aromatic N) is 7. The summed E-state index contributed by atoms with van der Waals surface area (Å²) in [5.41, 5.74) is -1.29. The van der Waals surface area contributed by atoms with Crippen LogP contribution in [0.15, 0.2) is 59.7 Å². The van der Waals surface area contributed by atoms with Gasteiger partial charge in [0.1, 0.15) is 11.4 Å². The Bertz CT molecular complexity index is 1540. The normalized spacial score (nSPS) is 11.9. The van der Waals surface area contributed by atoms with Crippen molar-refractivity contribution in [3.63, 3.8) is 0 Å². The molecule has 4 aromatic heterocycles. The van der Waals surface area contributed by atoms with E-state index in [1.807, 2.05) is 0 Å². The molecule has 0 amide bonds. The monoisotopic (exact) mass is 438 g/mol. The van der Waals surface area contributed by atoms with Crippen LogP contribution in [-0.4, -0.2) is 34.3 Å². The Morgan fingerprint density at radius 3 is 2.59 bits per heavy atom. The number of para-hydroxylation sites is 1. The van der Waals surface area contributed by atoms with Crippen molar-refractivity contribution in [2.24, 2.45) is 7.05 Å². The number of aromatic nitrogens is 7. The van der Waals surface area contributed by atoms with E-state index in [0.29, 0.717) is 5.69 Å². The summed E-state index contributed by atoms with van der Waals surface area (Å²) in [7, 11) is 1.72. The smallest absolute Gasteiger partial charge is 0.319 e. The van der Waals surface area contributed by atoms with Crippen molar-refractivity contribution in [2.45, 2.75) is 6.18 Å². The molecule has 1 N–H and O–H groups in total. The van der Waals surface area contributed by atoms with Gasteiger partial charge in [-0.25, -0.2) is 15.0 Å². The first-order chi connectivity index (χ1) is 15.3. The van der Waals surface area contributed by atoms with E-state index in [2.05, 4.69) is 30.5 Å². The Hall–Kier alpha value is -4.35. The van der Waals surface area contributed by atoms with Crippen molar-refractivity contribution in [1.29, 1.82) is 0 Å². The number of hydrogen-bond acceptors (Lipinski definition) is 7. The van der Waals surface area contributed by atoms with Crippen LogP contribution in [-0.2, 0) is 13.2 Å². The van der Waals surface area contributed by atoms with E-state index in [4.69, 9.17) is 0 Å². The van der Waals surface area contributed by atoms with Crippen LogP contribution in [0.3, 0.4) is 0 Å². The van der Waals surface area contributed by atoms with E-state index in [1.165, 1.54) is 28.9 Å². The summed E-state index contributed by atoms with van der Waals surface area (Å²) in [4.78, 5) is 24.5. The molecular weight excluding hydrogens is 425 g/mol. The SMILES string of the molecule is Cn1ccc(-c2nc3c4cccc(C(F)(F)F)c4nc(Nc4ccccnc4=O)n3n2)n1. The van der Waals surface area contributed by atoms with Crippen molar-refractivity contribution < 1.29 is 13.2 Å². The van der Waals surface area contributed by atoms with E-state index in [9.17, 15) is 18.0 Å². The fraction of sp³-hybridized carbons (Fsp3) is 0.100. The zero-order chi connectivity index (χ0) is 22.5. The minimum absolute atomic E-state index is 0.0162. The van der Waals surface area contributed by atoms with Gasteiger partial charge in [0.25, 0.3) is 5.56 Å². The molecule has 0 saturated carbocycles. The summed E-state index contributed by atoms with van der Waals surface area (Å²) in [6.45, 7) is 0. The molecule has 32 heavy (non-hydrogen) atoms. The molecule has 9 nitrogen and oxygen atoms in total. The predicted octanol–water partition coefficient (Wildman–Crippen LogP) is 3.20. The first-order valence-electron chi connectivity index (χ1n) is 9.30. The van der Waals surface area contributed by atoms with Crippen LogP contribution >= 0.6 is 0 Å². The second-order valence-corrected chi connectivity index (χ2v) is 6.85. The summed E-state index contributed by atoms with van der Waals surface area (Å²) in [5, 5.41) is 11.5. The number of rotatable bonds is 3. The molecule has 5 rings (SSSR count). The molecule has 0 unspecified atom stereocenters. The molecule has 0 radical (unpaired) electrons. The molecule has 0 aliphatic rings. The molecule has 0 bridgehead atoms. The fourth-order valence-electron chi connectivity index (χ4n) is 3.25. The third kappa shape index (κ3) is 3.31. The number of benzene rings is 1. The number of fused-ring (bicyclic) bond motifs is 3. The Morgan fingerprint density at radius 1 is 1.00 bits per heavy atom. The number of anilines is 2. The summed E-state index contributed by atoms with van der Waals surface area (Å²) >= 11 is 0. The largest absolute Gasteiger partial charge is 0.418 e. The quantitative estimate of drug-likeness (QED) is 0.461. The Labute approximate surface area is 177 Å². The number of aryl methyl sites for hydroxylation is 1. The molecule has 5 aromatic rings. The molecule has 1 aromatic carbocycles. The summed E-state index contributed by atoms with van der Waals surface area (Å²) < 4.78 is 43.9. The van der Waals surface area contributed by atoms with Crippen LogP contribution in [0.5, 0.6) is 0 Å². The highest BCUT2D eigenvalue weighted by Crippen LogP contribution is 2.36. The molecule has 0 aliphatic heterocycles. The second kappa shape index (κ2) is 7.11. The molecule has 0 atom stereocenters. The molecule has 12 heteroatoms. The summed E-state index contributed by atoms with van der Waals surface area (Å²) in [6, 6.07) is 9.94. The van der Waals surface area contributed by atoms with Gasteiger partial charge in [0.15, 0.2) is 5.65 Å². The maximum Gasteiger partial charge on any atom is 0.418 e. The molecule has 0 aliphatic carbocycles. The van der Waals surface area contributed by atoms with E-state index in [1.54, 1.807) is 36.1 Å². The van der Waals surface area contributed by atoms with Gasteiger partial charge in [-0.2, -0.15) is 22.8 Å². The van der Waals surface area contributed by atoms with Gasteiger partial charge in [-0.15, -0.1) is 5.10 Å². The Balaban J connectivity index is 1.83. The zero-order valence-corrected chi connectivity index (χ0v) is 16.4. The lowest BCUT2D eigenvalue weighted by Gasteiger charge is -2.12. The predicted molar refractivity (Wildman–Crippen MR) is 109 cm³/mol. The van der Waals surface area contributed by atoms with Crippen LogP contribution in [0.25, 0.3) is 28.1 Å². The maximum absolute atomic E-state index is 13.7. The minimum Gasteiger partial charge on any atom is -0.319 e. The van der Waals surface area contributed by atoms with Crippen molar-refractivity contribution in [1.82, 2.24) is 34.3 Å². The van der Waals surface area contributed by atoms with E-state index >= 15 is 0 Å². The lowest BCUT2D eigenvalue weighted by molar-refractivity contribution is -0.136. The number of hydrogen-bond donors (Lipinski definition) is 1. The van der Waals surface area contributed by atoms with Gasteiger partial charge in [-0.1, -0.05) is 12.1 Å². The maximum atomic E-state index is 13.7. The van der Waals surface area contributed by atoms with Crippen LogP contribution < -0.4 is 10.9 Å². The zero-order valence-electron chi connectivity index (χ0n) is 16.4. The van der Waals surface area contributed by atoms with Crippen LogP contribution in [0.2, 0.25) is 0 Å². The first-order valence-corrected chi connectivity index (χ1v) is 9.30. The highest BCUT2D eigenvalue weighted by Gasteiger charge is 2.34. The second-order valence-electron chi connectivity index (χ2n) is 6.85. The topological polar surface area (TPSA) is 103 Å². The molecule has 4 heterocycles. The van der Waals surface area contributed by atoms with E-state index in [-0.39, 0.29) is 34.0 Å². The molecule has 0 saturated heterocycles. The van der Waals surface area contributed by atoms with Gasteiger partial charge in [0.2, 0.25) is 11.8 Å². The lowest BCUT2D eigenvalue weighted by Crippen LogP contribution is -2.13. The van der Waals surface area contributed by atoms with Gasteiger partial charge in [-0.05, 0) is 30.3 Å². The minimum atomic E-state index is -4.64. The summed E-state index contributed by atoms with van der Waals surface area (Å²) in [6.07, 6.45) is -1.64. The van der Waals surface area contributed by atoms with Gasteiger partial charge in [0.05, 0.1) is 11.1 Å². The Morgan fingerprint density at radius 2 is 1.84 bits per heavy atom. The van der Waals surface area contributed by atoms with Crippen molar-refractivity contribution in [3.8, 4) is 11.5 Å². The summed E-state index contributed by atoms with van der Waals surface area (Å²) in [5.74, 6) is 0.0726. The average Bonchev–Trinajstić information content (AvgIpc) is 3.33. The van der Waals surface area contributed by atoms with Crippen LogP contribution in [0.1, 0.15) is 5.56 Å². The van der Waals surface area contributed by atoms with Crippen molar-refractivity contribution >= 4 is 28.2 Å². The molecule has 0 fully saturated rings. The van der Waals surface area contributed by atoms with Gasteiger partial charge >= 0.3 is 6.18 Å². The molecular formula is C20H13F3N8O. The number of nitrogens with one attached hydrogen (secondary N) is 1. The van der Waals surface area contributed by atoms with E-state index in [0.717, 1.165) is 6.07 Å². The third-order valence-electron chi connectivity index (χ3n) is 4.68. The first kappa shape index (κ1) is 19.6. The van der Waals surface area contributed by atoms with Crippen LogP contribution in [0, 0.1) is 0 Å².